The predicted octanol–water partition coefficient (Wildman–Crippen LogP) is 1.74. The van der Waals surface area contributed by atoms with Gasteiger partial charge in [-0.15, -0.1) is 0 Å². The van der Waals surface area contributed by atoms with E-state index < -0.39 is 0 Å². The van der Waals surface area contributed by atoms with Crippen molar-refractivity contribution in [3.8, 4) is 11.5 Å². The smallest absolute Gasteiger partial charge is 0.222 e. The number of carbonyl (C=O) groups is 1. The molecule has 7 heteroatoms. The number of hydrogen-bond donors (Lipinski definition) is 3. The van der Waals surface area contributed by atoms with Crippen LogP contribution in [0.5, 0.6) is 11.5 Å². The molecule has 0 aliphatic heterocycles. The lowest BCUT2D eigenvalue weighted by atomic mass is 10.2. The van der Waals surface area contributed by atoms with E-state index in [9.17, 15) is 4.79 Å². The Labute approximate surface area is 137 Å². The quantitative estimate of drug-likeness (QED) is 0.500. The van der Waals surface area contributed by atoms with Gasteiger partial charge in [-0.3, -0.25) is 9.79 Å². The first-order valence-electron chi connectivity index (χ1n) is 7.58. The second-order valence-electron chi connectivity index (χ2n) is 5.08. The van der Waals surface area contributed by atoms with Crippen LogP contribution in [0.2, 0.25) is 0 Å². The molecule has 0 radical (unpaired) electrons. The van der Waals surface area contributed by atoms with Gasteiger partial charge < -0.3 is 25.8 Å². The molecular formula is C16H26N4O3. The van der Waals surface area contributed by atoms with Gasteiger partial charge >= 0.3 is 0 Å². The minimum Gasteiger partial charge on any atom is -0.497 e. The second kappa shape index (κ2) is 9.55. The minimum absolute atomic E-state index is 0.0325. The molecule has 1 aromatic rings. The monoisotopic (exact) mass is 322 g/mol. The van der Waals surface area contributed by atoms with Gasteiger partial charge in [0, 0.05) is 18.5 Å². The molecule has 128 valence electrons. The molecule has 1 unspecified atom stereocenters. The zero-order chi connectivity index (χ0) is 17.2. The van der Waals surface area contributed by atoms with Crippen LogP contribution in [0.4, 0.5) is 5.69 Å². The maximum Gasteiger partial charge on any atom is 0.222 e. The molecule has 0 aliphatic carbocycles. The van der Waals surface area contributed by atoms with Crippen LogP contribution in [0, 0.1) is 0 Å². The number of amides is 1. The Morgan fingerprint density at radius 2 is 2.09 bits per heavy atom. The Hall–Kier alpha value is -2.44. The number of anilines is 1. The molecule has 0 heterocycles. The number of methoxy groups -OCH3 is 2. The van der Waals surface area contributed by atoms with Gasteiger partial charge in [0.15, 0.2) is 5.96 Å². The standard InChI is InChI=1S/C16H26N4O3/c1-5-11(2)19-15(21)8-9-18-16(17)20-13-10-12(22-3)6-7-14(13)23-4/h6-7,10-11H,5,8-9H2,1-4H3,(H,19,21)(H3,17,18,20). The molecule has 4 N–H and O–H groups in total. The highest BCUT2D eigenvalue weighted by atomic mass is 16.5. The van der Waals surface area contributed by atoms with Gasteiger partial charge in [-0.25, -0.2) is 0 Å². The molecular weight excluding hydrogens is 296 g/mol. The highest BCUT2D eigenvalue weighted by Gasteiger charge is 2.07. The van der Waals surface area contributed by atoms with Gasteiger partial charge in [-0.1, -0.05) is 6.92 Å². The maximum absolute atomic E-state index is 11.7. The molecule has 1 aromatic carbocycles. The van der Waals surface area contributed by atoms with Crippen LogP contribution in [0.1, 0.15) is 26.7 Å². The number of carbonyl (C=O) groups excluding carboxylic acids is 1. The summed E-state index contributed by atoms with van der Waals surface area (Å²) in [5.41, 5.74) is 6.50. The first-order valence-corrected chi connectivity index (χ1v) is 7.58. The van der Waals surface area contributed by atoms with Crippen molar-refractivity contribution in [2.24, 2.45) is 10.7 Å². The number of aliphatic imine (C=N–C) groups is 1. The van der Waals surface area contributed by atoms with Crippen molar-refractivity contribution in [3.63, 3.8) is 0 Å². The van der Waals surface area contributed by atoms with Gasteiger partial charge in [0.05, 0.1) is 26.5 Å². The molecule has 0 saturated carbocycles. The summed E-state index contributed by atoms with van der Waals surface area (Å²) in [5, 5.41) is 5.83. The van der Waals surface area contributed by atoms with E-state index in [1.807, 2.05) is 13.8 Å². The molecule has 1 rings (SSSR count). The summed E-state index contributed by atoms with van der Waals surface area (Å²) in [6, 6.07) is 5.49. The number of nitrogens with zero attached hydrogens (tertiary/aromatic N) is 1. The van der Waals surface area contributed by atoms with E-state index in [1.165, 1.54) is 0 Å². The molecule has 7 nitrogen and oxygen atoms in total. The summed E-state index contributed by atoms with van der Waals surface area (Å²) >= 11 is 0. The summed E-state index contributed by atoms with van der Waals surface area (Å²) in [6.07, 6.45) is 1.19. The van der Waals surface area contributed by atoms with E-state index in [-0.39, 0.29) is 17.9 Å². The highest BCUT2D eigenvalue weighted by Crippen LogP contribution is 2.28. The topological polar surface area (TPSA) is 98.0 Å². The SMILES string of the molecule is CCC(C)NC(=O)CCN=C(N)Nc1cc(OC)ccc1OC. The number of benzene rings is 1. The van der Waals surface area contributed by atoms with Crippen LogP contribution in [0.3, 0.4) is 0 Å². The van der Waals surface area contributed by atoms with Crippen molar-refractivity contribution in [3.05, 3.63) is 18.2 Å². The first kappa shape index (κ1) is 18.6. The van der Waals surface area contributed by atoms with Crippen molar-refractivity contribution >= 4 is 17.6 Å². The molecule has 0 fully saturated rings. The number of guanidine groups is 1. The van der Waals surface area contributed by atoms with Crippen LogP contribution in [0.25, 0.3) is 0 Å². The zero-order valence-electron chi connectivity index (χ0n) is 14.2. The van der Waals surface area contributed by atoms with Crippen LogP contribution in [0.15, 0.2) is 23.2 Å². The Kier molecular flexibility index (Phi) is 7.73. The number of hydrogen-bond acceptors (Lipinski definition) is 4. The molecule has 1 atom stereocenters. The van der Waals surface area contributed by atoms with Crippen molar-refractivity contribution in [2.75, 3.05) is 26.1 Å². The lowest BCUT2D eigenvalue weighted by Gasteiger charge is -2.12. The molecule has 0 saturated heterocycles. The number of rotatable bonds is 8. The largest absolute Gasteiger partial charge is 0.497 e. The van der Waals surface area contributed by atoms with E-state index in [0.717, 1.165) is 6.42 Å². The predicted molar refractivity (Wildman–Crippen MR) is 92.2 cm³/mol. The average Bonchev–Trinajstić information content (AvgIpc) is 2.54. The minimum atomic E-state index is -0.0325. The summed E-state index contributed by atoms with van der Waals surface area (Å²) < 4.78 is 10.4. The van der Waals surface area contributed by atoms with Gasteiger partial charge in [0.2, 0.25) is 5.91 Å². The third kappa shape index (κ3) is 6.46. The Morgan fingerprint density at radius 3 is 2.70 bits per heavy atom. The lowest BCUT2D eigenvalue weighted by Crippen LogP contribution is -2.32. The highest BCUT2D eigenvalue weighted by molar-refractivity contribution is 5.94. The number of nitrogens with two attached hydrogens (primary N) is 1. The zero-order valence-corrected chi connectivity index (χ0v) is 14.2. The fourth-order valence-corrected chi connectivity index (χ4v) is 1.82. The molecule has 0 spiro atoms. The summed E-state index contributed by atoms with van der Waals surface area (Å²) in [7, 11) is 3.15. The van der Waals surface area contributed by atoms with Crippen LogP contribution < -0.4 is 25.8 Å². The van der Waals surface area contributed by atoms with E-state index in [4.69, 9.17) is 15.2 Å². The van der Waals surface area contributed by atoms with Crippen molar-refractivity contribution < 1.29 is 14.3 Å². The normalized spacial score (nSPS) is 12.4. The Morgan fingerprint density at radius 1 is 1.35 bits per heavy atom. The lowest BCUT2D eigenvalue weighted by molar-refractivity contribution is -0.121. The molecule has 0 aliphatic rings. The van der Waals surface area contributed by atoms with Crippen LogP contribution >= 0.6 is 0 Å². The van der Waals surface area contributed by atoms with Crippen molar-refractivity contribution in [2.45, 2.75) is 32.7 Å². The van der Waals surface area contributed by atoms with E-state index in [2.05, 4.69) is 15.6 Å². The van der Waals surface area contributed by atoms with Crippen LogP contribution in [-0.4, -0.2) is 38.7 Å². The fourth-order valence-electron chi connectivity index (χ4n) is 1.82. The van der Waals surface area contributed by atoms with E-state index >= 15 is 0 Å². The second-order valence-corrected chi connectivity index (χ2v) is 5.08. The summed E-state index contributed by atoms with van der Waals surface area (Å²) in [4.78, 5) is 15.8. The van der Waals surface area contributed by atoms with Crippen molar-refractivity contribution in [1.29, 1.82) is 0 Å². The number of nitrogens with one attached hydrogen (secondary N) is 2. The van der Waals surface area contributed by atoms with Crippen molar-refractivity contribution in [1.82, 2.24) is 5.32 Å². The molecule has 0 aromatic heterocycles. The van der Waals surface area contributed by atoms with Crippen LogP contribution in [-0.2, 0) is 4.79 Å². The Bertz CT molecular complexity index is 546. The summed E-state index contributed by atoms with van der Waals surface area (Å²) in [6.45, 7) is 4.30. The van der Waals surface area contributed by atoms with E-state index in [0.29, 0.717) is 30.2 Å². The average molecular weight is 322 g/mol. The van der Waals surface area contributed by atoms with E-state index in [1.54, 1.807) is 32.4 Å². The van der Waals surface area contributed by atoms with Gasteiger partial charge in [-0.2, -0.15) is 0 Å². The number of ether oxygens (including phenoxy) is 2. The van der Waals surface area contributed by atoms with Gasteiger partial charge in [0.25, 0.3) is 0 Å². The Balaban J connectivity index is 2.58. The third-order valence-corrected chi connectivity index (χ3v) is 3.31. The molecule has 23 heavy (non-hydrogen) atoms. The molecule has 0 bridgehead atoms. The first-order chi connectivity index (χ1) is 11.0. The van der Waals surface area contributed by atoms with Gasteiger partial charge in [-0.05, 0) is 25.5 Å². The van der Waals surface area contributed by atoms with Gasteiger partial charge in [0.1, 0.15) is 11.5 Å². The summed E-state index contributed by atoms with van der Waals surface area (Å²) in [5.74, 6) is 1.48. The molecule has 1 amide bonds. The maximum atomic E-state index is 11.7. The fraction of sp³-hybridized carbons (Fsp3) is 0.500. The third-order valence-electron chi connectivity index (χ3n) is 3.31.